The van der Waals surface area contributed by atoms with E-state index in [1.54, 1.807) is 48.2 Å². The molecule has 7 nitrogen and oxygen atoms in total. The van der Waals surface area contributed by atoms with Gasteiger partial charge in [0.05, 0.1) is 10.8 Å². The highest BCUT2D eigenvalue weighted by Crippen LogP contribution is 2.23. The molecule has 1 aliphatic heterocycles. The number of piperidine rings is 1. The van der Waals surface area contributed by atoms with Gasteiger partial charge in [0.25, 0.3) is 15.9 Å². The van der Waals surface area contributed by atoms with Crippen LogP contribution in [0.3, 0.4) is 0 Å². The number of nitrogens with zero attached hydrogens (tertiary/aromatic N) is 1. The maximum atomic E-state index is 12.9. The molecule has 2 aromatic carbocycles. The second-order valence-corrected chi connectivity index (χ2v) is 9.59. The normalized spacial score (nSPS) is 16.6. The van der Waals surface area contributed by atoms with Crippen LogP contribution in [0.1, 0.15) is 41.3 Å². The Balaban J connectivity index is 1.70. The van der Waals surface area contributed by atoms with Gasteiger partial charge in [-0.25, -0.2) is 8.42 Å². The second-order valence-electron chi connectivity index (χ2n) is 7.94. The van der Waals surface area contributed by atoms with Crippen LogP contribution in [0.2, 0.25) is 0 Å². The zero-order valence-corrected chi connectivity index (χ0v) is 19.0. The van der Waals surface area contributed by atoms with Crippen molar-refractivity contribution in [3.8, 4) is 0 Å². The Labute approximate surface area is 183 Å². The molecule has 166 valence electrons. The van der Waals surface area contributed by atoms with Crippen molar-refractivity contribution < 1.29 is 18.0 Å². The fourth-order valence-corrected chi connectivity index (χ4v) is 5.15. The Morgan fingerprint density at radius 1 is 1.10 bits per heavy atom. The van der Waals surface area contributed by atoms with Crippen LogP contribution < -0.4 is 10.0 Å². The summed E-state index contributed by atoms with van der Waals surface area (Å²) in [5, 5.41) is 2.82. The van der Waals surface area contributed by atoms with Gasteiger partial charge in [0, 0.05) is 30.9 Å². The van der Waals surface area contributed by atoms with Gasteiger partial charge in [-0.2, -0.15) is 0 Å². The average molecular weight is 444 g/mol. The summed E-state index contributed by atoms with van der Waals surface area (Å²) in [6.07, 6.45) is 1.55. The molecule has 1 fully saturated rings. The van der Waals surface area contributed by atoms with Gasteiger partial charge in [-0.05, 0) is 75.1 Å². The second kappa shape index (κ2) is 9.51. The minimum Gasteiger partial charge on any atom is -0.356 e. The maximum Gasteiger partial charge on any atom is 0.262 e. The quantitative estimate of drug-likeness (QED) is 0.717. The van der Waals surface area contributed by atoms with Crippen molar-refractivity contribution in [2.75, 3.05) is 24.4 Å². The van der Waals surface area contributed by atoms with E-state index < -0.39 is 10.0 Å². The first-order valence-corrected chi connectivity index (χ1v) is 12.0. The lowest BCUT2D eigenvalue weighted by molar-refractivity contribution is -0.126. The summed E-state index contributed by atoms with van der Waals surface area (Å²) in [6, 6.07) is 11.7. The van der Waals surface area contributed by atoms with Crippen LogP contribution in [0.15, 0.2) is 47.4 Å². The van der Waals surface area contributed by atoms with E-state index in [1.165, 1.54) is 0 Å². The number of hydrogen-bond acceptors (Lipinski definition) is 4. The molecule has 0 saturated carbocycles. The van der Waals surface area contributed by atoms with Gasteiger partial charge in [-0.15, -0.1) is 0 Å². The number of benzene rings is 2. The smallest absolute Gasteiger partial charge is 0.262 e. The predicted molar refractivity (Wildman–Crippen MR) is 120 cm³/mol. The molecule has 1 aliphatic rings. The lowest BCUT2D eigenvalue weighted by Crippen LogP contribution is -2.45. The minimum absolute atomic E-state index is 0.0174. The summed E-state index contributed by atoms with van der Waals surface area (Å²) in [5.41, 5.74) is 2.37. The van der Waals surface area contributed by atoms with E-state index in [0.717, 1.165) is 18.4 Å². The van der Waals surface area contributed by atoms with E-state index in [4.69, 9.17) is 0 Å². The summed E-state index contributed by atoms with van der Waals surface area (Å²) >= 11 is 0. The summed E-state index contributed by atoms with van der Waals surface area (Å²) in [7, 11) is -3.73. The average Bonchev–Trinajstić information content (AvgIpc) is 2.75. The van der Waals surface area contributed by atoms with Crippen molar-refractivity contribution in [3.05, 3.63) is 59.2 Å². The molecule has 3 rings (SSSR count). The third-order valence-electron chi connectivity index (χ3n) is 5.45. The molecular weight excluding hydrogens is 414 g/mol. The first-order chi connectivity index (χ1) is 14.7. The maximum absolute atomic E-state index is 12.9. The SMILES string of the molecule is CCNC(=O)C1CCCN(C(=O)c2ccc(NS(=O)(=O)c3cc(C)ccc3C)cc2)C1. The summed E-state index contributed by atoms with van der Waals surface area (Å²) in [4.78, 5) is 26.9. The van der Waals surface area contributed by atoms with E-state index in [2.05, 4.69) is 10.0 Å². The number of amides is 2. The molecule has 1 unspecified atom stereocenters. The van der Waals surface area contributed by atoms with Crippen LogP contribution in [0, 0.1) is 19.8 Å². The Kier molecular flexibility index (Phi) is 7.00. The fraction of sp³-hybridized carbons (Fsp3) is 0.391. The Hall–Kier alpha value is -2.87. The van der Waals surface area contributed by atoms with Crippen LogP contribution in [0.25, 0.3) is 0 Å². The van der Waals surface area contributed by atoms with E-state index in [1.807, 2.05) is 19.9 Å². The molecule has 2 N–H and O–H groups in total. The van der Waals surface area contributed by atoms with Gasteiger partial charge in [-0.1, -0.05) is 12.1 Å². The van der Waals surface area contributed by atoms with Crippen LogP contribution >= 0.6 is 0 Å². The topological polar surface area (TPSA) is 95.6 Å². The summed E-state index contributed by atoms with van der Waals surface area (Å²) in [5.74, 6) is -0.365. The van der Waals surface area contributed by atoms with Crippen molar-refractivity contribution in [1.82, 2.24) is 10.2 Å². The molecule has 1 saturated heterocycles. The molecular formula is C23H29N3O4S. The fourth-order valence-electron chi connectivity index (χ4n) is 3.76. The molecule has 1 atom stereocenters. The zero-order chi connectivity index (χ0) is 22.6. The molecule has 8 heteroatoms. The number of anilines is 1. The molecule has 1 heterocycles. The number of carbonyl (C=O) groups is 2. The molecule has 0 aromatic heterocycles. The van der Waals surface area contributed by atoms with Gasteiger partial charge in [0.2, 0.25) is 5.91 Å². The van der Waals surface area contributed by atoms with Crippen molar-refractivity contribution in [1.29, 1.82) is 0 Å². The predicted octanol–water partition coefficient (Wildman–Crippen LogP) is 3.09. The van der Waals surface area contributed by atoms with E-state index in [-0.39, 0.29) is 22.6 Å². The number of likely N-dealkylation sites (tertiary alicyclic amines) is 1. The van der Waals surface area contributed by atoms with Gasteiger partial charge in [-0.3, -0.25) is 14.3 Å². The third-order valence-corrected chi connectivity index (χ3v) is 6.97. The molecule has 0 radical (unpaired) electrons. The van der Waals surface area contributed by atoms with Crippen molar-refractivity contribution >= 4 is 27.5 Å². The van der Waals surface area contributed by atoms with Crippen molar-refractivity contribution in [3.63, 3.8) is 0 Å². The highest BCUT2D eigenvalue weighted by molar-refractivity contribution is 7.92. The molecule has 31 heavy (non-hydrogen) atoms. The van der Waals surface area contributed by atoms with Gasteiger partial charge in [0.15, 0.2) is 0 Å². The first kappa shape index (κ1) is 22.8. The van der Waals surface area contributed by atoms with Crippen LogP contribution in [-0.4, -0.2) is 44.8 Å². The van der Waals surface area contributed by atoms with E-state index >= 15 is 0 Å². The molecule has 0 spiro atoms. The van der Waals surface area contributed by atoms with Gasteiger partial charge < -0.3 is 10.2 Å². The van der Waals surface area contributed by atoms with Crippen molar-refractivity contribution in [2.45, 2.75) is 38.5 Å². The van der Waals surface area contributed by atoms with Crippen LogP contribution in [0.4, 0.5) is 5.69 Å². The molecule has 0 aliphatic carbocycles. The number of carbonyl (C=O) groups excluding carboxylic acids is 2. The zero-order valence-electron chi connectivity index (χ0n) is 18.1. The molecule has 2 amide bonds. The van der Waals surface area contributed by atoms with E-state index in [9.17, 15) is 18.0 Å². The lowest BCUT2D eigenvalue weighted by Gasteiger charge is -2.32. The first-order valence-electron chi connectivity index (χ1n) is 10.5. The number of aryl methyl sites for hydroxylation is 2. The number of sulfonamides is 1. The van der Waals surface area contributed by atoms with Crippen LogP contribution in [0.5, 0.6) is 0 Å². The Morgan fingerprint density at radius 2 is 1.81 bits per heavy atom. The number of hydrogen-bond donors (Lipinski definition) is 2. The Morgan fingerprint density at radius 3 is 2.48 bits per heavy atom. The highest BCUT2D eigenvalue weighted by Gasteiger charge is 2.28. The van der Waals surface area contributed by atoms with Crippen molar-refractivity contribution in [2.24, 2.45) is 5.92 Å². The largest absolute Gasteiger partial charge is 0.356 e. The number of nitrogens with one attached hydrogen (secondary N) is 2. The molecule has 2 aromatic rings. The minimum atomic E-state index is -3.73. The van der Waals surface area contributed by atoms with Gasteiger partial charge in [0.1, 0.15) is 0 Å². The van der Waals surface area contributed by atoms with Gasteiger partial charge >= 0.3 is 0 Å². The van der Waals surface area contributed by atoms with Crippen LogP contribution in [-0.2, 0) is 14.8 Å². The molecule has 0 bridgehead atoms. The van der Waals surface area contributed by atoms with E-state index in [0.29, 0.717) is 36.4 Å². The monoisotopic (exact) mass is 443 g/mol. The Bertz CT molecular complexity index is 1060. The summed E-state index contributed by atoms with van der Waals surface area (Å²) < 4.78 is 28.1. The summed E-state index contributed by atoms with van der Waals surface area (Å²) in [6.45, 7) is 7.04. The number of rotatable bonds is 6. The third kappa shape index (κ3) is 5.44. The highest BCUT2D eigenvalue weighted by atomic mass is 32.2. The lowest BCUT2D eigenvalue weighted by atomic mass is 9.96. The standard InChI is InChI=1S/C23H29N3O4S/c1-4-24-22(27)19-6-5-13-26(15-19)23(28)18-9-11-20(12-10-18)25-31(29,30)21-14-16(2)7-8-17(21)3/h7-12,14,19,25H,4-6,13,15H2,1-3H3,(H,24,27).